The van der Waals surface area contributed by atoms with Crippen molar-refractivity contribution in [2.75, 3.05) is 0 Å². The van der Waals surface area contributed by atoms with E-state index in [2.05, 4.69) is 125 Å². The number of pyridine rings is 2. The Hall–Kier alpha value is -8.30. The molecular formula is C52H35N7O2. The summed E-state index contributed by atoms with van der Waals surface area (Å²) in [5, 5.41) is 6.78. The van der Waals surface area contributed by atoms with Crippen LogP contribution in [0, 0.1) is 13.8 Å². The summed E-state index contributed by atoms with van der Waals surface area (Å²) in [7, 11) is 0. The molecule has 0 unspecified atom stereocenters. The number of benzene rings is 6. The highest BCUT2D eigenvalue weighted by atomic mass is 16.5. The molecule has 9 nitrogen and oxygen atoms in total. The first-order valence-electron chi connectivity index (χ1n) is 20.2. The minimum Gasteiger partial charge on any atom is -0.457 e. The summed E-state index contributed by atoms with van der Waals surface area (Å²) in [5.41, 5.74) is 8.21. The Morgan fingerprint density at radius 1 is 0.344 bits per heavy atom. The van der Waals surface area contributed by atoms with Crippen molar-refractivity contribution in [3.05, 3.63) is 188 Å². The van der Waals surface area contributed by atoms with E-state index in [1.165, 1.54) is 0 Å². The number of fused-ring (bicyclic) bond motifs is 9. The van der Waals surface area contributed by atoms with Crippen LogP contribution in [0.3, 0.4) is 0 Å². The minimum absolute atomic E-state index is 0.554. The molecule has 0 amide bonds. The van der Waals surface area contributed by atoms with Crippen LogP contribution >= 0.6 is 0 Å². The van der Waals surface area contributed by atoms with Crippen molar-refractivity contribution in [2.24, 2.45) is 0 Å². The Labute approximate surface area is 349 Å². The van der Waals surface area contributed by atoms with Crippen LogP contribution < -0.4 is 9.47 Å². The maximum Gasteiger partial charge on any atom is 0.234 e. The summed E-state index contributed by atoms with van der Waals surface area (Å²) in [6.07, 6.45) is 7.19. The highest BCUT2D eigenvalue weighted by molar-refractivity contribution is 6.13. The topological polar surface area (TPSA) is 84.8 Å². The molecular weight excluding hydrogens is 755 g/mol. The Balaban J connectivity index is 0.986. The molecule has 12 rings (SSSR count). The van der Waals surface area contributed by atoms with E-state index in [9.17, 15) is 0 Å². The third-order valence-electron chi connectivity index (χ3n) is 11.6. The van der Waals surface area contributed by atoms with Crippen molar-refractivity contribution >= 4 is 65.4 Å². The first-order valence-corrected chi connectivity index (χ1v) is 20.2. The highest BCUT2D eigenvalue weighted by Gasteiger charge is 2.21. The van der Waals surface area contributed by atoms with Gasteiger partial charge in [0.1, 0.15) is 34.6 Å². The van der Waals surface area contributed by atoms with Gasteiger partial charge in [0, 0.05) is 81.4 Å². The van der Waals surface area contributed by atoms with E-state index in [-0.39, 0.29) is 0 Å². The number of hydrogen-bond acceptors (Lipinski definition) is 6. The van der Waals surface area contributed by atoms with Gasteiger partial charge in [-0.3, -0.25) is 13.7 Å². The van der Waals surface area contributed by atoms with Gasteiger partial charge in [-0.05, 0) is 104 Å². The van der Waals surface area contributed by atoms with E-state index in [0.717, 1.165) is 99.7 Å². The van der Waals surface area contributed by atoms with Crippen molar-refractivity contribution < 1.29 is 9.47 Å². The number of rotatable bonds is 7. The fraction of sp³-hybridized carbons (Fsp3) is 0.0385. The molecule has 0 N–H and O–H groups in total. The lowest BCUT2D eigenvalue weighted by molar-refractivity contribution is 0.483. The zero-order valence-electron chi connectivity index (χ0n) is 33.2. The van der Waals surface area contributed by atoms with Gasteiger partial charge < -0.3 is 9.47 Å². The number of aryl methyl sites for hydroxylation is 2. The van der Waals surface area contributed by atoms with E-state index in [0.29, 0.717) is 17.4 Å². The predicted molar refractivity (Wildman–Crippen MR) is 243 cm³/mol. The second-order valence-corrected chi connectivity index (χ2v) is 15.3. The molecule has 0 aliphatic heterocycles. The van der Waals surface area contributed by atoms with Crippen LogP contribution in [-0.2, 0) is 0 Å². The Kier molecular flexibility index (Phi) is 7.76. The lowest BCUT2D eigenvalue weighted by Crippen LogP contribution is -2.00. The molecule has 0 bridgehead atoms. The van der Waals surface area contributed by atoms with Crippen molar-refractivity contribution in [1.29, 1.82) is 0 Å². The Morgan fingerprint density at radius 3 is 1.25 bits per heavy atom. The maximum atomic E-state index is 6.76. The molecule has 6 heterocycles. The van der Waals surface area contributed by atoms with Gasteiger partial charge in [0.05, 0.1) is 33.1 Å². The third kappa shape index (κ3) is 5.55. The molecule has 0 radical (unpaired) electrons. The molecule has 0 spiro atoms. The fourth-order valence-corrected chi connectivity index (χ4v) is 9.11. The molecule has 0 saturated heterocycles. The SMILES string of the molecule is Cc1cc(Oc2ccc3c4ccccc4n(-c4ccccn4)c3c2)cc2c1c1c(C)cc(Oc3ccc4c5ccccc5n(-c5ccccn5)c4c3)cc1n2-c1ncccn1. The summed E-state index contributed by atoms with van der Waals surface area (Å²) in [5.74, 6) is 5.10. The monoisotopic (exact) mass is 789 g/mol. The normalized spacial score (nSPS) is 11.8. The molecule has 0 fully saturated rings. The van der Waals surface area contributed by atoms with Gasteiger partial charge in [-0.25, -0.2) is 19.9 Å². The second-order valence-electron chi connectivity index (χ2n) is 15.3. The summed E-state index contributed by atoms with van der Waals surface area (Å²) in [4.78, 5) is 18.9. The van der Waals surface area contributed by atoms with Crippen LogP contribution in [0.4, 0.5) is 0 Å². The van der Waals surface area contributed by atoms with Gasteiger partial charge in [-0.2, -0.15) is 0 Å². The first kappa shape index (κ1) is 34.7. The van der Waals surface area contributed by atoms with Crippen LogP contribution in [0.2, 0.25) is 0 Å². The first-order chi connectivity index (χ1) is 30.1. The molecule has 0 atom stereocenters. The van der Waals surface area contributed by atoms with E-state index < -0.39 is 0 Å². The molecule has 0 aliphatic carbocycles. The van der Waals surface area contributed by atoms with Gasteiger partial charge in [0.25, 0.3) is 0 Å². The zero-order valence-corrected chi connectivity index (χ0v) is 33.2. The van der Waals surface area contributed by atoms with Crippen molar-refractivity contribution in [3.63, 3.8) is 0 Å². The highest BCUT2D eigenvalue weighted by Crippen LogP contribution is 2.42. The second kappa shape index (κ2) is 13.6. The quantitative estimate of drug-likeness (QED) is 0.160. The smallest absolute Gasteiger partial charge is 0.234 e. The fourth-order valence-electron chi connectivity index (χ4n) is 9.11. The van der Waals surface area contributed by atoms with E-state index in [4.69, 9.17) is 29.4 Å². The summed E-state index contributed by atoms with van der Waals surface area (Å²) < 4.78 is 20.0. The van der Waals surface area contributed by atoms with E-state index in [1.54, 1.807) is 12.4 Å². The van der Waals surface area contributed by atoms with E-state index in [1.807, 2.05) is 67.0 Å². The van der Waals surface area contributed by atoms with Gasteiger partial charge in [-0.15, -0.1) is 0 Å². The van der Waals surface area contributed by atoms with E-state index >= 15 is 0 Å². The molecule has 0 aliphatic rings. The van der Waals surface area contributed by atoms with Crippen LogP contribution in [0.1, 0.15) is 11.1 Å². The van der Waals surface area contributed by atoms with Gasteiger partial charge in [-0.1, -0.05) is 48.5 Å². The average molecular weight is 790 g/mol. The van der Waals surface area contributed by atoms with Crippen LogP contribution in [0.5, 0.6) is 23.0 Å². The van der Waals surface area contributed by atoms with Gasteiger partial charge in [0.2, 0.25) is 5.95 Å². The third-order valence-corrected chi connectivity index (χ3v) is 11.6. The number of aromatic nitrogens is 7. The lowest BCUT2D eigenvalue weighted by atomic mass is 10.0. The minimum atomic E-state index is 0.554. The van der Waals surface area contributed by atoms with Crippen LogP contribution in [0.25, 0.3) is 83.0 Å². The molecule has 0 saturated carbocycles. The Morgan fingerprint density at radius 2 is 0.770 bits per heavy atom. The largest absolute Gasteiger partial charge is 0.457 e. The molecule has 61 heavy (non-hydrogen) atoms. The zero-order chi connectivity index (χ0) is 40.6. The maximum absolute atomic E-state index is 6.76. The summed E-state index contributed by atoms with van der Waals surface area (Å²) >= 11 is 0. The van der Waals surface area contributed by atoms with Gasteiger partial charge >= 0.3 is 0 Å². The Bertz CT molecular complexity index is 3450. The standard InChI is InChI=1S/C52H35N7O2/c1-32-26-36(60-34-18-20-40-38-12-3-5-14-42(38)57(44(40)28-34)48-16-7-9-22-53-48)30-46-50(32)51-33(2)27-37(31-47(51)59(46)52-55-24-11-25-56-52)61-35-19-21-41-39-13-4-6-15-43(39)58(45(41)29-35)49-17-8-10-23-54-49/h3-31H,1-2H3. The molecule has 9 heteroatoms. The summed E-state index contributed by atoms with van der Waals surface area (Å²) in [6.45, 7) is 4.26. The van der Waals surface area contributed by atoms with Crippen LogP contribution in [0.15, 0.2) is 176 Å². The van der Waals surface area contributed by atoms with Crippen molar-refractivity contribution in [1.82, 2.24) is 33.6 Å². The lowest BCUT2D eigenvalue weighted by Gasteiger charge is -2.11. The number of hydrogen-bond donors (Lipinski definition) is 0. The van der Waals surface area contributed by atoms with Gasteiger partial charge in [0.15, 0.2) is 0 Å². The number of para-hydroxylation sites is 2. The molecule has 12 aromatic rings. The molecule has 290 valence electrons. The summed E-state index contributed by atoms with van der Waals surface area (Å²) in [6, 6.07) is 51.5. The van der Waals surface area contributed by atoms with Crippen molar-refractivity contribution in [2.45, 2.75) is 13.8 Å². The average Bonchev–Trinajstić information content (AvgIpc) is 3.93. The molecule has 6 aromatic heterocycles. The van der Waals surface area contributed by atoms with Crippen LogP contribution in [-0.4, -0.2) is 33.6 Å². The predicted octanol–water partition coefficient (Wildman–Crippen LogP) is 12.8. The molecule has 6 aromatic carbocycles. The van der Waals surface area contributed by atoms with Crippen molar-refractivity contribution in [3.8, 4) is 40.6 Å². The number of ether oxygens (including phenoxy) is 2. The number of nitrogens with zero attached hydrogens (tertiary/aromatic N) is 7.